The van der Waals surface area contributed by atoms with Crippen LogP contribution in [0.5, 0.6) is 0 Å². The molecule has 78 valence electrons. The lowest BCUT2D eigenvalue weighted by Gasteiger charge is -2.16. The zero-order chi connectivity index (χ0) is 10.4. The van der Waals surface area contributed by atoms with E-state index in [-0.39, 0.29) is 12.7 Å². The smallest absolute Gasteiger partial charge is 0.109 e. The van der Waals surface area contributed by atoms with Crippen LogP contribution < -0.4 is 5.32 Å². The summed E-state index contributed by atoms with van der Waals surface area (Å²) in [4.78, 5) is 3.91. The SMILES string of the molecule is CC(C)CNC(CF)c1ccncc1. The molecule has 14 heavy (non-hydrogen) atoms. The molecule has 0 radical (unpaired) electrons. The van der Waals surface area contributed by atoms with Crippen LogP contribution in [-0.4, -0.2) is 18.2 Å². The predicted octanol–water partition coefficient (Wildman–Crippen LogP) is 2.34. The van der Waals surface area contributed by atoms with E-state index >= 15 is 0 Å². The van der Waals surface area contributed by atoms with E-state index in [2.05, 4.69) is 24.1 Å². The standard InChI is InChI=1S/C11H17FN2/c1-9(2)8-14-11(7-12)10-3-5-13-6-4-10/h3-6,9,11,14H,7-8H2,1-2H3. The van der Waals surface area contributed by atoms with E-state index in [4.69, 9.17) is 0 Å². The van der Waals surface area contributed by atoms with Crippen molar-refractivity contribution in [3.63, 3.8) is 0 Å². The van der Waals surface area contributed by atoms with Gasteiger partial charge in [-0.25, -0.2) is 4.39 Å². The summed E-state index contributed by atoms with van der Waals surface area (Å²) in [7, 11) is 0. The first-order valence-corrected chi connectivity index (χ1v) is 4.93. The summed E-state index contributed by atoms with van der Waals surface area (Å²) < 4.78 is 12.7. The van der Waals surface area contributed by atoms with E-state index in [0.717, 1.165) is 12.1 Å². The van der Waals surface area contributed by atoms with Gasteiger partial charge in [0.15, 0.2) is 0 Å². The van der Waals surface area contributed by atoms with Gasteiger partial charge >= 0.3 is 0 Å². The highest BCUT2D eigenvalue weighted by molar-refractivity contribution is 5.14. The first-order chi connectivity index (χ1) is 6.74. The third-order valence-corrected chi connectivity index (χ3v) is 2.04. The van der Waals surface area contributed by atoms with E-state index < -0.39 is 0 Å². The number of halogens is 1. The van der Waals surface area contributed by atoms with Crippen LogP contribution >= 0.6 is 0 Å². The molecule has 0 saturated carbocycles. The number of nitrogens with zero attached hydrogens (tertiary/aromatic N) is 1. The van der Waals surface area contributed by atoms with E-state index in [9.17, 15) is 4.39 Å². The van der Waals surface area contributed by atoms with Crippen LogP contribution in [0.3, 0.4) is 0 Å². The summed E-state index contributed by atoms with van der Waals surface area (Å²) in [6.45, 7) is 4.66. The summed E-state index contributed by atoms with van der Waals surface area (Å²) in [5.74, 6) is 0.533. The Kier molecular flexibility index (Phi) is 4.53. The van der Waals surface area contributed by atoms with Gasteiger partial charge in [-0.2, -0.15) is 0 Å². The molecule has 1 aromatic heterocycles. The summed E-state index contributed by atoms with van der Waals surface area (Å²) >= 11 is 0. The van der Waals surface area contributed by atoms with E-state index in [1.54, 1.807) is 12.4 Å². The van der Waals surface area contributed by atoms with Crippen molar-refractivity contribution in [1.29, 1.82) is 0 Å². The molecule has 2 nitrogen and oxygen atoms in total. The van der Waals surface area contributed by atoms with E-state index in [1.165, 1.54) is 0 Å². The number of hydrogen-bond donors (Lipinski definition) is 1. The second kappa shape index (κ2) is 5.70. The minimum Gasteiger partial charge on any atom is -0.308 e. The minimum absolute atomic E-state index is 0.194. The number of hydrogen-bond acceptors (Lipinski definition) is 2. The van der Waals surface area contributed by atoms with Crippen molar-refractivity contribution in [2.45, 2.75) is 19.9 Å². The zero-order valence-corrected chi connectivity index (χ0v) is 8.70. The fourth-order valence-electron chi connectivity index (χ4n) is 1.24. The first-order valence-electron chi connectivity index (χ1n) is 4.93. The molecule has 0 aliphatic heterocycles. The van der Waals surface area contributed by atoms with Crippen LogP contribution in [0.15, 0.2) is 24.5 Å². The molecule has 0 spiro atoms. The molecule has 1 rings (SSSR count). The lowest BCUT2D eigenvalue weighted by Crippen LogP contribution is -2.26. The van der Waals surface area contributed by atoms with Crippen LogP contribution in [0.2, 0.25) is 0 Å². The maximum atomic E-state index is 12.7. The molecule has 1 aromatic rings. The Labute approximate surface area is 84.6 Å². The van der Waals surface area contributed by atoms with Gasteiger partial charge in [0.25, 0.3) is 0 Å². The maximum absolute atomic E-state index is 12.7. The largest absolute Gasteiger partial charge is 0.308 e. The van der Waals surface area contributed by atoms with Gasteiger partial charge in [0.1, 0.15) is 6.67 Å². The van der Waals surface area contributed by atoms with Gasteiger partial charge in [-0.1, -0.05) is 13.8 Å². The van der Waals surface area contributed by atoms with Crippen molar-refractivity contribution in [3.8, 4) is 0 Å². The van der Waals surface area contributed by atoms with Crippen molar-refractivity contribution in [3.05, 3.63) is 30.1 Å². The van der Waals surface area contributed by atoms with Crippen molar-refractivity contribution in [1.82, 2.24) is 10.3 Å². The van der Waals surface area contributed by atoms with Crippen molar-refractivity contribution in [2.24, 2.45) is 5.92 Å². The van der Waals surface area contributed by atoms with Crippen LogP contribution in [-0.2, 0) is 0 Å². The third kappa shape index (κ3) is 3.42. The van der Waals surface area contributed by atoms with Gasteiger partial charge in [-0.15, -0.1) is 0 Å². The van der Waals surface area contributed by atoms with Crippen LogP contribution in [0.1, 0.15) is 25.5 Å². The molecular weight excluding hydrogens is 179 g/mol. The molecule has 0 bridgehead atoms. The Morgan fingerprint density at radius 3 is 2.50 bits per heavy atom. The highest BCUT2D eigenvalue weighted by Crippen LogP contribution is 2.12. The molecule has 3 heteroatoms. The van der Waals surface area contributed by atoms with Gasteiger partial charge in [-0.3, -0.25) is 4.98 Å². The highest BCUT2D eigenvalue weighted by atomic mass is 19.1. The molecule has 1 atom stereocenters. The normalized spacial score (nSPS) is 13.1. The molecule has 1 unspecified atom stereocenters. The van der Waals surface area contributed by atoms with Gasteiger partial charge in [0, 0.05) is 12.4 Å². The molecular formula is C11H17FN2. The van der Waals surface area contributed by atoms with Crippen LogP contribution in [0, 0.1) is 5.92 Å². The predicted molar refractivity (Wildman–Crippen MR) is 55.8 cm³/mol. The van der Waals surface area contributed by atoms with Crippen molar-refractivity contribution >= 4 is 0 Å². The summed E-state index contributed by atoms with van der Waals surface area (Å²) in [6, 6.07) is 3.50. The van der Waals surface area contributed by atoms with E-state index in [1.807, 2.05) is 12.1 Å². The molecule has 0 aliphatic carbocycles. The number of pyridine rings is 1. The number of alkyl halides is 1. The molecule has 1 heterocycles. The Bertz CT molecular complexity index is 249. The Morgan fingerprint density at radius 2 is 2.00 bits per heavy atom. The average Bonchev–Trinajstić information content (AvgIpc) is 2.20. The van der Waals surface area contributed by atoms with Crippen LogP contribution in [0.25, 0.3) is 0 Å². The fourth-order valence-corrected chi connectivity index (χ4v) is 1.24. The van der Waals surface area contributed by atoms with Crippen molar-refractivity contribution in [2.75, 3.05) is 13.2 Å². The lowest BCUT2D eigenvalue weighted by molar-refractivity contribution is 0.367. The lowest BCUT2D eigenvalue weighted by atomic mass is 10.1. The molecule has 0 amide bonds. The quantitative estimate of drug-likeness (QED) is 0.781. The first kappa shape index (κ1) is 11.1. The molecule has 0 fully saturated rings. The van der Waals surface area contributed by atoms with Gasteiger partial charge in [0.2, 0.25) is 0 Å². The van der Waals surface area contributed by atoms with Crippen molar-refractivity contribution < 1.29 is 4.39 Å². The maximum Gasteiger partial charge on any atom is 0.109 e. The van der Waals surface area contributed by atoms with Gasteiger partial charge < -0.3 is 5.32 Å². The van der Waals surface area contributed by atoms with Gasteiger partial charge in [-0.05, 0) is 30.2 Å². The summed E-state index contributed by atoms with van der Waals surface area (Å²) in [6.07, 6.45) is 3.38. The Balaban J connectivity index is 2.54. The average molecular weight is 196 g/mol. The molecule has 1 N–H and O–H groups in total. The van der Waals surface area contributed by atoms with E-state index in [0.29, 0.717) is 5.92 Å². The topological polar surface area (TPSA) is 24.9 Å². The summed E-state index contributed by atoms with van der Waals surface area (Å²) in [5, 5.41) is 3.18. The molecule has 0 aliphatic rings. The summed E-state index contributed by atoms with van der Waals surface area (Å²) in [5.41, 5.74) is 0.961. The second-order valence-electron chi connectivity index (χ2n) is 3.79. The monoisotopic (exact) mass is 196 g/mol. The Morgan fingerprint density at radius 1 is 1.36 bits per heavy atom. The number of nitrogens with one attached hydrogen (secondary N) is 1. The number of rotatable bonds is 5. The Hall–Kier alpha value is -0.960. The second-order valence-corrected chi connectivity index (χ2v) is 3.79. The highest BCUT2D eigenvalue weighted by Gasteiger charge is 2.10. The molecule has 0 saturated heterocycles. The fraction of sp³-hybridized carbons (Fsp3) is 0.545. The third-order valence-electron chi connectivity index (χ3n) is 2.04. The minimum atomic E-state index is -0.378. The zero-order valence-electron chi connectivity index (χ0n) is 8.70. The number of aromatic nitrogens is 1. The van der Waals surface area contributed by atoms with Crippen LogP contribution in [0.4, 0.5) is 4.39 Å². The van der Waals surface area contributed by atoms with Gasteiger partial charge in [0.05, 0.1) is 6.04 Å². The molecule has 0 aromatic carbocycles.